The summed E-state index contributed by atoms with van der Waals surface area (Å²) in [6, 6.07) is 12.6. The van der Waals surface area contributed by atoms with Crippen molar-refractivity contribution >= 4 is 28.6 Å². The fourth-order valence-corrected chi connectivity index (χ4v) is 3.73. The lowest BCUT2D eigenvalue weighted by molar-refractivity contribution is 0.0593. The molecule has 148 valence electrons. The number of carbonyl (C=O) groups excluding carboxylic acids is 3. The molecule has 0 fully saturated rings. The number of para-hydroxylation sites is 1. The minimum Gasteiger partial charge on any atom is -0.361 e. The number of nitrogens with zero attached hydrogens (tertiary/aromatic N) is 1. The molecule has 3 aromatic rings. The highest BCUT2D eigenvalue weighted by atomic mass is 16.2. The Labute approximate surface area is 168 Å². The summed E-state index contributed by atoms with van der Waals surface area (Å²) in [5.41, 5.74) is 3.27. The maximum atomic E-state index is 12.6. The number of benzene rings is 2. The van der Waals surface area contributed by atoms with Crippen LogP contribution >= 0.6 is 0 Å². The molecule has 1 aliphatic rings. The lowest BCUT2D eigenvalue weighted by Gasteiger charge is -2.20. The normalized spacial score (nSPS) is 14.3. The number of amides is 3. The molecule has 1 aliphatic heterocycles. The van der Waals surface area contributed by atoms with Gasteiger partial charge in [0, 0.05) is 35.2 Å². The lowest BCUT2D eigenvalue weighted by Crippen LogP contribution is -2.37. The fourth-order valence-electron chi connectivity index (χ4n) is 3.73. The summed E-state index contributed by atoms with van der Waals surface area (Å²) in [6.45, 7) is 4.25. The SMILES string of the molecule is CCC(C)N1C(=O)c2ccc(C(=O)NCCc3c[nH]c4ccccc34)cc2C1=O. The van der Waals surface area contributed by atoms with Gasteiger partial charge >= 0.3 is 0 Å². The van der Waals surface area contributed by atoms with Crippen LogP contribution in [0, 0.1) is 0 Å². The Morgan fingerprint density at radius 1 is 1.10 bits per heavy atom. The third kappa shape index (κ3) is 3.31. The van der Waals surface area contributed by atoms with Crippen LogP contribution in [0.25, 0.3) is 10.9 Å². The molecule has 0 bridgehead atoms. The van der Waals surface area contributed by atoms with E-state index in [1.54, 1.807) is 12.1 Å². The van der Waals surface area contributed by atoms with Crippen LogP contribution < -0.4 is 5.32 Å². The summed E-state index contributed by atoms with van der Waals surface area (Å²) in [5, 5.41) is 4.05. The minimum absolute atomic E-state index is 0.171. The van der Waals surface area contributed by atoms with E-state index < -0.39 is 0 Å². The average molecular weight is 389 g/mol. The molecule has 3 amide bonds. The van der Waals surface area contributed by atoms with E-state index >= 15 is 0 Å². The van der Waals surface area contributed by atoms with Crippen molar-refractivity contribution in [2.75, 3.05) is 6.54 Å². The zero-order valence-corrected chi connectivity index (χ0v) is 16.5. The maximum Gasteiger partial charge on any atom is 0.261 e. The van der Waals surface area contributed by atoms with Gasteiger partial charge in [0.15, 0.2) is 0 Å². The Morgan fingerprint density at radius 2 is 1.86 bits per heavy atom. The molecule has 2 heterocycles. The van der Waals surface area contributed by atoms with Crippen LogP contribution in [0.2, 0.25) is 0 Å². The molecular weight excluding hydrogens is 366 g/mol. The number of H-pyrrole nitrogens is 1. The molecule has 0 saturated carbocycles. The first kappa shape index (κ1) is 18.9. The van der Waals surface area contributed by atoms with Crippen molar-refractivity contribution in [1.82, 2.24) is 15.2 Å². The lowest BCUT2D eigenvalue weighted by atomic mass is 10.1. The van der Waals surface area contributed by atoms with Crippen molar-refractivity contribution < 1.29 is 14.4 Å². The predicted molar refractivity (Wildman–Crippen MR) is 111 cm³/mol. The monoisotopic (exact) mass is 389 g/mol. The molecule has 6 heteroatoms. The minimum atomic E-state index is -0.326. The van der Waals surface area contributed by atoms with Crippen molar-refractivity contribution in [2.24, 2.45) is 0 Å². The number of hydrogen-bond acceptors (Lipinski definition) is 3. The first-order valence-electron chi connectivity index (χ1n) is 9.86. The maximum absolute atomic E-state index is 12.6. The molecule has 2 aromatic carbocycles. The highest BCUT2D eigenvalue weighted by molar-refractivity contribution is 6.22. The standard InChI is InChI=1S/C23H23N3O3/c1-3-14(2)26-22(28)18-9-8-15(12-19(18)23(26)29)21(27)24-11-10-16-13-25-20-7-5-4-6-17(16)20/h4-9,12-14,25H,3,10-11H2,1-2H3,(H,24,27). The van der Waals surface area contributed by atoms with E-state index in [-0.39, 0.29) is 23.8 Å². The van der Waals surface area contributed by atoms with Gasteiger partial charge in [0.05, 0.1) is 11.1 Å². The van der Waals surface area contributed by atoms with Gasteiger partial charge in [0.25, 0.3) is 17.7 Å². The summed E-state index contributed by atoms with van der Waals surface area (Å²) in [6.07, 6.45) is 3.34. The molecule has 1 unspecified atom stereocenters. The van der Waals surface area contributed by atoms with Crippen LogP contribution in [0.5, 0.6) is 0 Å². The quantitative estimate of drug-likeness (QED) is 0.633. The van der Waals surface area contributed by atoms with Crippen molar-refractivity contribution in [2.45, 2.75) is 32.7 Å². The van der Waals surface area contributed by atoms with E-state index in [4.69, 9.17) is 0 Å². The van der Waals surface area contributed by atoms with Crippen molar-refractivity contribution in [3.05, 3.63) is 70.9 Å². The highest BCUT2D eigenvalue weighted by Crippen LogP contribution is 2.26. The highest BCUT2D eigenvalue weighted by Gasteiger charge is 2.38. The molecule has 4 rings (SSSR count). The molecule has 0 aliphatic carbocycles. The fraction of sp³-hybridized carbons (Fsp3) is 0.261. The van der Waals surface area contributed by atoms with Crippen molar-refractivity contribution in [1.29, 1.82) is 0 Å². The second-order valence-corrected chi connectivity index (χ2v) is 7.36. The first-order chi connectivity index (χ1) is 14.0. The summed E-state index contributed by atoms with van der Waals surface area (Å²) < 4.78 is 0. The van der Waals surface area contributed by atoms with Gasteiger partial charge < -0.3 is 10.3 Å². The Balaban J connectivity index is 1.45. The number of aromatic nitrogens is 1. The van der Waals surface area contributed by atoms with Crippen LogP contribution in [0.4, 0.5) is 0 Å². The van der Waals surface area contributed by atoms with Gasteiger partial charge in [0.1, 0.15) is 0 Å². The Bertz CT molecular complexity index is 1120. The molecule has 0 spiro atoms. The molecule has 2 N–H and O–H groups in total. The predicted octanol–water partition coefficient (Wildman–Crippen LogP) is 3.53. The Morgan fingerprint density at radius 3 is 2.66 bits per heavy atom. The van der Waals surface area contributed by atoms with Gasteiger partial charge in [0.2, 0.25) is 0 Å². The van der Waals surface area contributed by atoms with Crippen LogP contribution in [-0.2, 0) is 6.42 Å². The van der Waals surface area contributed by atoms with Crippen molar-refractivity contribution in [3.63, 3.8) is 0 Å². The van der Waals surface area contributed by atoms with E-state index in [1.165, 1.54) is 11.0 Å². The zero-order valence-electron chi connectivity index (χ0n) is 16.5. The topological polar surface area (TPSA) is 82.3 Å². The second kappa shape index (κ2) is 7.54. The smallest absolute Gasteiger partial charge is 0.261 e. The molecule has 29 heavy (non-hydrogen) atoms. The average Bonchev–Trinajstić information content (AvgIpc) is 3.26. The van der Waals surface area contributed by atoms with E-state index in [9.17, 15) is 14.4 Å². The number of aromatic amines is 1. The second-order valence-electron chi connectivity index (χ2n) is 7.36. The summed E-state index contributed by atoms with van der Waals surface area (Å²) in [4.78, 5) is 42.2. The first-order valence-corrected chi connectivity index (χ1v) is 9.86. The third-order valence-electron chi connectivity index (χ3n) is 5.57. The Hall–Kier alpha value is -3.41. The van der Waals surface area contributed by atoms with Crippen LogP contribution in [0.3, 0.4) is 0 Å². The number of hydrogen-bond donors (Lipinski definition) is 2. The summed E-state index contributed by atoms with van der Waals surface area (Å²) in [7, 11) is 0. The van der Waals surface area contributed by atoms with Gasteiger partial charge in [-0.25, -0.2) is 0 Å². The largest absolute Gasteiger partial charge is 0.361 e. The van der Waals surface area contributed by atoms with E-state index in [2.05, 4.69) is 16.4 Å². The van der Waals surface area contributed by atoms with Crippen LogP contribution in [0.1, 0.15) is 56.9 Å². The van der Waals surface area contributed by atoms with Gasteiger partial charge in [-0.15, -0.1) is 0 Å². The van der Waals surface area contributed by atoms with Crippen LogP contribution in [-0.4, -0.2) is 40.2 Å². The third-order valence-corrected chi connectivity index (χ3v) is 5.57. The Kier molecular flexibility index (Phi) is 4.92. The summed E-state index contributed by atoms with van der Waals surface area (Å²) in [5.74, 6) is -0.867. The number of imide groups is 1. The van der Waals surface area contributed by atoms with Gasteiger partial charge in [-0.1, -0.05) is 25.1 Å². The molecule has 0 saturated heterocycles. The van der Waals surface area contributed by atoms with E-state index in [0.717, 1.165) is 16.5 Å². The molecule has 0 radical (unpaired) electrons. The number of carbonyl (C=O) groups is 3. The van der Waals surface area contributed by atoms with Crippen molar-refractivity contribution in [3.8, 4) is 0 Å². The van der Waals surface area contributed by atoms with Gasteiger partial charge in [-0.05, 0) is 49.6 Å². The molecule has 1 atom stereocenters. The van der Waals surface area contributed by atoms with Crippen LogP contribution in [0.15, 0.2) is 48.7 Å². The molecular formula is C23H23N3O3. The molecule has 1 aromatic heterocycles. The number of rotatable bonds is 6. The summed E-state index contributed by atoms with van der Waals surface area (Å²) >= 11 is 0. The number of nitrogens with one attached hydrogen (secondary N) is 2. The molecule has 6 nitrogen and oxygen atoms in total. The van der Waals surface area contributed by atoms with E-state index in [1.807, 2.05) is 38.2 Å². The van der Waals surface area contributed by atoms with Gasteiger partial charge in [-0.3, -0.25) is 19.3 Å². The number of fused-ring (bicyclic) bond motifs is 2. The zero-order chi connectivity index (χ0) is 20.5. The van der Waals surface area contributed by atoms with E-state index in [0.29, 0.717) is 36.1 Å². The van der Waals surface area contributed by atoms with Gasteiger partial charge in [-0.2, -0.15) is 0 Å².